The van der Waals surface area contributed by atoms with Gasteiger partial charge in [0.15, 0.2) is 23.6 Å². The molecule has 2 aliphatic rings. The summed E-state index contributed by atoms with van der Waals surface area (Å²) >= 11 is 0. The fourth-order valence-electron chi connectivity index (χ4n) is 4.26. The van der Waals surface area contributed by atoms with E-state index in [0.29, 0.717) is 29.0 Å². The van der Waals surface area contributed by atoms with Gasteiger partial charge in [0.2, 0.25) is 0 Å². The number of halogens is 2. The van der Waals surface area contributed by atoms with Gasteiger partial charge in [-0.2, -0.15) is 5.53 Å². The molecule has 0 fully saturated rings. The van der Waals surface area contributed by atoms with Gasteiger partial charge in [-0.3, -0.25) is 14.5 Å². The third kappa shape index (κ3) is 4.11. The number of hydrogen-bond donors (Lipinski definition) is 4. The summed E-state index contributed by atoms with van der Waals surface area (Å²) in [4.78, 5) is 27.5. The molecule has 1 atom stereocenters. The Morgan fingerprint density at radius 2 is 1.78 bits per heavy atom. The van der Waals surface area contributed by atoms with Crippen molar-refractivity contribution in [2.45, 2.75) is 13.2 Å². The van der Waals surface area contributed by atoms with Gasteiger partial charge in [-0.25, -0.2) is 8.78 Å². The van der Waals surface area contributed by atoms with Crippen molar-refractivity contribution in [3.05, 3.63) is 94.7 Å². The lowest BCUT2D eigenvalue weighted by Crippen LogP contribution is -2.31. The minimum absolute atomic E-state index is 0.138. The van der Waals surface area contributed by atoms with E-state index in [1.54, 1.807) is 37.4 Å². The second-order valence-electron chi connectivity index (χ2n) is 8.22. The van der Waals surface area contributed by atoms with Crippen LogP contribution in [-0.2, 0) is 4.74 Å². The highest BCUT2D eigenvalue weighted by molar-refractivity contribution is 6.15. The number of Topliss-reactive ketones (excluding diaryl/α,β-unsaturated/α-hetero) is 1. The Balaban J connectivity index is 1.60. The van der Waals surface area contributed by atoms with Crippen LogP contribution < -0.4 is 21.3 Å². The molecule has 2 aliphatic heterocycles. The quantitative estimate of drug-likeness (QED) is 0.375. The third-order valence-electron chi connectivity index (χ3n) is 6.07. The van der Waals surface area contributed by atoms with Crippen LogP contribution in [0.4, 0.5) is 14.5 Å². The fourth-order valence-corrected chi connectivity index (χ4v) is 4.26. The van der Waals surface area contributed by atoms with Crippen molar-refractivity contribution >= 4 is 23.1 Å². The largest absolute Gasteiger partial charge is 0.374 e. The lowest BCUT2D eigenvalue weighted by Gasteiger charge is -2.24. The Labute approximate surface area is 205 Å². The molecule has 36 heavy (non-hydrogen) atoms. The van der Waals surface area contributed by atoms with Gasteiger partial charge in [0.25, 0.3) is 5.91 Å². The summed E-state index contributed by atoms with van der Waals surface area (Å²) in [6.07, 6.45) is 0.313. The van der Waals surface area contributed by atoms with Crippen LogP contribution in [0.15, 0.2) is 60.8 Å². The standard InChI is InChI=1S/C26H22F2N4O4/c1-2-36-13-24(33)18-7-3-15(14-5-8-20(27)21(28)10-14)11-23(18)32-25(34)17-6-4-16(9-19(17)26(32)35)22-12-29-31-30-22/h3-12,26,29-31,35H,2,13H2,1H3. The van der Waals surface area contributed by atoms with Gasteiger partial charge < -0.3 is 20.7 Å². The molecular formula is C26H22F2N4O4. The monoisotopic (exact) mass is 492 g/mol. The van der Waals surface area contributed by atoms with Crippen LogP contribution in [0.3, 0.4) is 0 Å². The number of aliphatic hydroxyl groups excluding tert-OH is 1. The molecule has 1 amide bonds. The number of hydrazine groups is 2. The molecule has 5 rings (SSSR count). The Hall–Kier alpha value is -4.12. The van der Waals surface area contributed by atoms with Crippen molar-refractivity contribution in [3.63, 3.8) is 0 Å². The molecule has 0 spiro atoms. The highest BCUT2D eigenvalue weighted by Crippen LogP contribution is 2.40. The number of ether oxygens (including phenoxy) is 1. The predicted molar refractivity (Wildman–Crippen MR) is 128 cm³/mol. The van der Waals surface area contributed by atoms with E-state index in [9.17, 15) is 23.5 Å². The first-order chi connectivity index (χ1) is 17.4. The number of hydrogen-bond acceptors (Lipinski definition) is 7. The van der Waals surface area contributed by atoms with E-state index >= 15 is 0 Å². The topological polar surface area (TPSA) is 103 Å². The second-order valence-corrected chi connectivity index (χ2v) is 8.22. The fraction of sp³-hybridized carbons (Fsp3) is 0.154. The Bertz CT molecular complexity index is 1410. The summed E-state index contributed by atoms with van der Waals surface area (Å²) < 4.78 is 32.7. The molecule has 0 radical (unpaired) electrons. The molecule has 0 saturated carbocycles. The third-order valence-corrected chi connectivity index (χ3v) is 6.07. The van der Waals surface area contributed by atoms with E-state index in [2.05, 4.69) is 16.4 Å². The molecule has 1 unspecified atom stereocenters. The number of aliphatic hydroxyl groups is 1. The molecule has 8 nitrogen and oxygen atoms in total. The summed E-state index contributed by atoms with van der Waals surface area (Å²) in [6.45, 7) is 1.85. The number of carbonyl (C=O) groups excluding carboxylic acids is 2. The second kappa shape index (κ2) is 9.50. The Morgan fingerprint density at radius 3 is 2.50 bits per heavy atom. The van der Waals surface area contributed by atoms with Gasteiger partial charge in [0.05, 0.1) is 11.4 Å². The van der Waals surface area contributed by atoms with Gasteiger partial charge >= 0.3 is 0 Å². The molecular weight excluding hydrogens is 470 g/mol. The summed E-state index contributed by atoms with van der Waals surface area (Å²) in [7, 11) is 0. The van der Waals surface area contributed by atoms with Gasteiger partial charge in [0, 0.05) is 35.1 Å². The number of nitrogens with zero attached hydrogens (tertiary/aromatic N) is 1. The van der Waals surface area contributed by atoms with Crippen LogP contribution in [0, 0.1) is 11.6 Å². The average Bonchev–Trinajstić information content (AvgIpc) is 3.51. The zero-order chi connectivity index (χ0) is 25.4. The lowest BCUT2D eigenvalue weighted by molar-refractivity contribution is 0.0783. The van der Waals surface area contributed by atoms with E-state index in [1.165, 1.54) is 18.2 Å². The number of ketones is 1. The summed E-state index contributed by atoms with van der Waals surface area (Å²) in [5, 5.41) is 11.2. The number of anilines is 1. The number of carbonyl (C=O) groups is 2. The summed E-state index contributed by atoms with van der Waals surface area (Å²) in [5.41, 5.74) is 11.6. The molecule has 184 valence electrons. The molecule has 10 heteroatoms. The molecule has 4 N–H and O–H groups in total. The zero-order valence-corrected chi connectivity index (χ0v) is 19.1. The van der Waals surface area contributed by atoms with Crippen LogP contribution >= 0.6 is 0 Å². The van der Waals surface area contributed by atoms with Crippen LogP contribution in [0.1, 0.15) is 45.0 Å². The van der Waals surface area contributed by atoms with Crippen LogP contribution in [0.5, 0.6) is 0 Å². The van der Waals surface area contributed by atoms with Crippen molar-refractivity contribution in [1.82, 2.24) is 16.4 Å². The highest BCUT2D eigenvalue weighted by atomic mass is 19.2. The average molecular weight is 492 g/mol. The zero-order valence-electron chi connectivity index (χ0n) is 19.1. The summed E-state index contributed by atoms with van der Waals surface area (Å²) in [5.74, 6) is -2.91. The van der Waals surface area contributed by atoms with E-state index in [0.717, 1.165) is 22.6 Å². The van der Waals surface area contributed by atoms with E-state index in [4.69, 9.17) is 4.74 Å². The molecule has 3 aromatic carbocycles. The summed E-state index contributed by atoms with van der Waals surface area (Å²) in [6, 6.07) is 13.0. The van der Waals surface area contributed by atoms with Crippen molar-refractivity contribution in [2.24, 2.45) is 0 Å². The maximum Gasteiger partial charge on any atom is 0.261 e. The first-order valence-electron chi connectivity index (χ1n) is 11.2. The predicted octanol–water partition coefficient (Wildman–Crippen LogP) is 3.41. The maximum absolute atomic E-state index is 13.9. The molecule has 0 saturated heterocycles. The number of rotatable bonds is 7. The highest BCUT2D eigenvalue weighted by Gasteiger charge is 2.39. The number of fused-ring (bicyclic) bond motifs is 1. The lowest BCUT2D eigenvalue weighted by atomic mass is 9.99. The molecule has 0 aliphatic carbocycles. The van der Waals surface area contributed by atoms with Gasteiger partial charge in [-0.1, -0.05) is 18.2 Å². The number of nitrogens with one attached hydrogen (secondary N) is 3. The van der Waals surface area contributed by atoms with Crippen LogP contribution in [0.25, 0.3) is 16.8 Å². The SMILES string of the molecule is CCOCC(=O)c1ccc(-c2ccc(F)c(F)c2)cc1N1C(=O)c2ccc(C3=CNNN3)cc2C1O. The van der Waals surface area contributed by atoms with Gasteiger partial charge in [0.1, 0.15) is 6.61 Å². The maximum atomic E-state index is 13.9. The first kappa shape index (κ1) is 23.6. The van der Waals surface area contributed by atoms with E-state index < -0.39 is 29.6 Å². The van der Waals surface area contributed by atoms with Gasteiger partial charge in [-0.05, 0) is 54.4 Å². The smallest absolute Gasteiger partial charge is 0.261 e. The number of amides is 1. The van der Waals surface area contributed by atoms with Crippen molar-refractivity contribution in [2.75, 3.05) is 18.1 Å². The van der Waals surface area contributed by atoms with E-state index in [-0.39, 0.29) is 23.4 Å². The molecule has 0 aromatic heterocycles. The Kier molecular flexibility index (Phi) is 6.23. The molecule has 0 bridgehead atoms. The minimum Gasteiger partial charge on any atom is -0.374 e. The first-order valence-corrected chi connectivity index (χ1v) is 11.2. The van der Waals surface area contributed by atoms with Crippen molar-refractivity contribution in [1.29, 1.82) is 0 Å². The van der Waals surface area contributed by atoms with Crippen LogP contribution in [-0.4, -0.2) is 30.0 Å². The number of benzene rings is 3. The van der Waals surface area contributed by atoms with Crippen LogP contribution in [0.2, 0.25) is 0 Å². The normalized spacial score (nSPS) is 16.4. The van der Waals surface area contributed by atoms with Gasteiger partial charge in [-0.15, -0.1) is 0 Å². The van der Waals surface area contributed by atoms with Crippen molar-refractivity contribution in [3.8, 4) is 11.1 Å². The molecule has 3 aromatic rings. The molecule has 2 heterocycles. The van der Waals surface area contributed by atoms with Crippen molar-refractivity contribution < 1.29 is 28.2 Å². The Morgan fingerprint density at radius 1 is 1.03 bits per heavy atom. The van der Waals surface area contributed by atoms with E-state index in [1.807, 2.05) is 0 Å². The minimum atomic E-state index is -1.38.